The van der Waals surface area contributed by atoms with Crippen molar-refractivity contribution in [2.75, 3.05) is 19.8 Å². The van der Waals surface area contributed by atoms with E-state index in [0.717, 1.165) is 12.8 Å². The lowest BCUT2D eigenvalue weighted by atomic mass is 10.0. The molecule has 5 nitrogen and oxygen atoms in total. The minimum Gasteiger partial charge on any atom is -0.394 e. The Balaban J connectivity index is 1.83. The van der Waals surface area contributed by atoms with Gasteiger partial charge >= 0.3 is 0 Å². The first-order valence-corrected chi connectivity index (χ1v) is 12.6. The summed E-state index contributed by atoms with van der Waals surface area (Å²) in [6.07, 6.45) is 21.0. The van der Waals surface area contributed by atoms with Crippen LogP contribution in [0.3, 0.4) is 0 Å². The van der Waals surface area contributed by atoms with Crippen LogP contribution in [0.5, 0.6) is 0 Å². The Morgan fingerprint density at radius 2 is 1.40 bits per heavy atom. The standard InChI is InChI=1S/C25H48O5/c1-2-3-4-5-6-7-8-9-10-11-12-13-14-15-16-17-18-19-29-25-23(28)21-30-24(25)22(27)20-26/h5-6,22-28H,2-4,7-21H2,1H3/b6-5+/t22-,23+,24+,25+/m0/s1. The molecule has 3 N–H and O–H groups in total. The Kier molecular flexibility index (Phi) is 17.7. The summed E-state index contributed by atoms with van der Waals surface area (Å²) in [6, 6.07) is 0. The number of hydrogen-bond acceptors (Lipinski definition) is 5. The van der Waals surface area contributed by atoms with Crippen LogP contribution in [-0.4, -0.2) is 59.6 Å². The molecule has 0 aromatic rings. The number of unbranched alkanes of at least 4 members (excludes halogenated alkanes) is 13. The molecule has 1 aliphatic rings. The van der Waals surface area contributed by atoms with Gasteiger partial charge in [0.15, 0.2) is 0 Å². The van der Waals surface area contributed by atoms with E-state index in [0.29, 0.717) is 6.61 Å². The molecule has 178 valence electrons. The van der Waals surface area contributed by atoms with E-state index < -0.39 is 24.4 Å². The number of allylic oxidation sites excluding steroid dienone is 2. The Bertz CT molecular complexity index is 401. The van der Waals surface area contributed by atoms with Gasteiger partial charge in [0.2, 0.25) is 0 Å². The SMILES string of the molecule is CCCC/C=C/CCCCCCCCCCCCCO[C@H]1[C@@H]([C@@H](O)CO)OC[C@H]1O. The molecule has 5 heteroatoms. The summed E-state index contributed by atoms with van der Waals surface area (Å²) >= 11 is 0. The van der Waals surface area contributed by atoms with Gasteiger partial charge in [0.1, 0.15) is 24.4 Å². The van der Waals surface area contributed by atoms with Crippen LogP contribution in [0.4, 0.5) is 0 Å². The molecular formula is C25H48O5. The fourth-order valence-corrected chi connectivity index (χ4v) is 3.99. The van der Waals surface area contributed by atoms with Gasteiger partial charge in [0.25, 0.3) is 0 Å². The van der Waals surface area contributed by atoms with Crippen LogP contribution in [0.1, 0.15) is 103 Å². The highest BCUT2D eigenvalue weighted by Gasteiger charge is 2.40. The van der Waals surface area contributed by atoms with Crippen molar-refractivity contribution in [2.45, 2.75) is 128 Å². The van der Waals surface area contributed by atoms with Gasteiger partial charge in [-0.2, -0.15) is 0 Å². The van der Waals surface area contributed by atoms with E-state index in [9.17, 15) is 10.2 Å². The summed E-state index contributed by atoms with van der Waals surface area (Å²) < 4.78 is 11.1. The Labute approximate surface area is 184 Å². The molecule has 0 amide bonds. The third-order valence-electron chi connectivity index (χ3n) is 5.95. The van der Waals surface area contributed by atoms with Crippen molar-refractivity contribution < 1.29 is 24.8 Å². The van der Waals surface area contributed by atoms with Crippen LogP contribution in [-0.2, 0) is 9.47 Å². The largest absolute Gasteiger partial charge is 0.394 e. The Morgan fingerprint density at radius 1 is 0.867 bits per heavy atom. The molecule has 0 aromatic carbocycles. The van der Waals surface area contributed by atoms with Crippen molar-refractivity contribution in [1.29, 1.82) is 0 Å². The predicted molar refractivity (Wildman–Crippen MR) is 123 cm³/mol. The van der Waals surface area contributed by atoms with Crippen molar-refractivity contribution >= 4 is 0 Å². The van der Waals surface area contributed by atoms with Gasteiger partial charge in [-0.3, -0.25) is 0 Å². The third kappa shape index (κ3) is 13.1. The maximum atomic E-state index is 9.90. The summed E-state index contributed by atoms with van der Waals surface area (Å²) in [5.74, 6) is 0. The van der Waals surface area contributed by atoms with E-state index in [-0.39, 0.29) is 13.2 Å². The maximum Gasteiger partial charge on any atom is 0.114 e. The highest BCUT2D eigenvalue weighted by atomic mass is 16.6. The normalized spacial score (nSPS) is 22.9. The molecule has 0 radical (unpaired) electrons. The zero-order valence-electron chi connectivity index (χ0n) is 19.4. The Morgan fingerprint density at radius 3 is 1.97 bits per heavy atom. The minimum atomic E-state index is -1.00. The lowest BCUT2D eigenvalue weighted by molar-refractivity contribution is -0.0938. The van der Waals surface area contributed by atoms with Gasteiger partial charge in [-0.1, -0.05) is 89.7 Å². The molecule has 0 saturated carbocycles. The highest BCUT2D eigenvalue weighted by Crippen LogP contribution is 2.21. The van der Waals surface area contributed by atoms with E-state index in [1.165, 1.54) is 83.5 Å². The summed E-state index contributed by atoms with van der Waals surface area (Å²) in [6.45, 7) is 2.58. The second kappa shape index (κ2) is 19.2. The van der Waals surface area contributed by atoms with Gasteiger partial charge < -0.3 is 24.8 Å². The van der Waals surface area contributed by atoms with Crippen LogP contribution in [0, 0.1) is 0 Å². The van der Waals surface area contributed by atoms with Crippen molar-refractivity contribution in [3.05, 3.63) is 12.2 Å². The van der Waals surface area contributed by atoms with E-state index in [2.05, 4.69) is 19.1 Å². The molecule has 0 unspecified atom stereocenters. The summed E-state index contributed by atoms with van der Waals surface area (Å²) in [4.78, 5) is 0. The number of rotatable bonds is 20. The monoisotopic (exact) mass is 428 g/mol. The predicted octanol–water partition coefficient (Wildman–Crippen LogP) is 4.91. The van der Waals surface area contributed by atoms with Crippen LogP contribution < -0.4 is 0 Å². The average Bonchev–Trinajstić information content (AvgIpc) is 3.12. The number of aliphatic hydroxyl groups is 3. The van der Waals surface area contributed by atoms with Gasteiger partial charge in [0, 0.05) is 6.61 Å². The summed E-state index contributed by atoms with van der Waals surface area (Å²) in [5, 5.41) is 28.7. The molecule has 0 bridgehead atoms. The van der Waals surface area contributed by atoms with Gasteiger partial charge in [-0.15, -0.1) is 0 Å². The topological polar surface area (TPSA) is 79.2 Å². The maximum absolute atomic E-state index is 9.90. The molecule has 0 aromatic heterocycles. The quantitative estimate of drug-likeness (QED) is 0.190. The number of ether oxygens (including phenoxy) is 2. The first-order chi connectivity index (χ1) is 14.7. The van der Waals surface area contributed by atoms with Crippen molar-refractivity contribution in [2.24, 2.45) is 0 Å². The van der Waals surface area contributed by atoms with Crippen LogP contribution in [0.15, 0.2) is 12.2 Å². The molecule has 1 heterocycles. The molecule has 0 spiro atoms. The van der Waals surface area contributed by atoms with E-state index in [1.807, 2.05) is 0 Å². The summed E-state index contributed by atoms with van der Waals surface area (Å²) in [5.41, 5.74) is 0. The van der Waals surface area contributed by atoms with Crippen molar-refractivity contribution in [3.8, 4) is 0 Å². The van der Waals surface area contributed by atoms with Crippen LogP contribution >= 0.6 is 0 Å². The second-order valence-corrected chi connectivity index (χ2v) is 8.74. The lowest BCUT2D eigenvalue weighted by Crippen LogP contribution is -2.42. The average molecular weight is 429 g/mol. The second-order valence-electron chi connectivity index (χ2n) is 8.74. The first kappa shape index (κ1) is 27.6. The third-order valence-corrected chi connectivity index (χ3v) is 5.95. The van der Waals surface area contributed by atoms with Crippen LogP contribution in [0.2, 0.25) is 0 Å². The van der Waals surface area contributed by atoms with Gasteiger partial charge in [0.05, 0.1) is 13.2 Å². The molecule has 4 atom stereocenters. The highest BCUT2D eigenvalue weighted by molar-refractivity contribution is 4.89. The zero-order valence-corrected chi connectivity index (χ0v) is 19.4. The molecule has 1 fully saturated rings. The number of aliphatic hydroxyl groups excluding tert-OH is 3. The van der Waals surface area contributed by atoms with Crippen molar-refractivity contribution in [1.82, 2.24) is 0 Å². The van der Waals surface area contributed by atoms with E-state index >= 15 is 0 Å². The molecule has 30 heavy (non-hydrogen) atoms. The fraction of sp³-hybridized carbons (Fsp3) is 0.920. The smallest absolute Gasteiger partial charge is 0.114 e. The fourth-order valence-electron chi connectivity index (χ4n) is 3.99. The molecular weight excluding hydrogens is 380 g/mol. The molecule has 1 rings (SSSR count). The molecule has 1 saturated heterocycles. The van der Waals surface area contributed by atoms with Gasteiger partial charge in [-0.25, -0.2) is 0 Å². The van der Waals surface area contributed by atoms with Gasteiger partial charge in [-0.05, 0) is 25.7 Å². The zero-order chi connectivity index (χ0) is 21.9. The first-order valence-electron chi connectivity index (χ1n) is 12.6. The lowest BCUT2D eigenvalue weighted by Gasteiger charge is -2.23. The number of hydrogen-bond donors (Lipinski definition) is 3. The van der Waals surface area contributed by atoms with Crippen LogP contribution in [0.25, 0.3) is 0 Å². The van der Waals surface area contributed by atoms with E-state index in [1.54, 1.807) is 0 Å². The van der Waals surface area contributed by atoms with E-state index in [4.69, 9.17) is 14.6 Å². The summed E-state index contributed by atoms with van der Waals surface area (Å²) in [7, 11) is 0. The Hall–Kier alpha value is -0.460. The molecule has 0 aliphatic carbocycles. The minimum absolute atomic E-state index is 0.155. The van der Waals surface area contributed by atoms with Crippen molar-refractivity contribution in [3.63, 3.8) is 0 Å². The molecule has 1 aliphatic heterocycles.